The number of thiazole rings is 1. The van der Waals surface area contributed by atoms with Crippen molar-refractivity contribution >= 4 is 28.8 Å². The molecule has 0 atom stereocenters. The van der Waals surface area contributed by atoms with E-state index in [0.29, 0.717) is 49.9 Å². The third-order valence-corrected chi connectivity index (χ3v) is 5.89. The average Bonchev–Trinajstić information content (AvgIpc) is 3.26. The third-order valence-electron chi connectivity index (χ3n) is 5.02. The molecule has 1 aliphatic rings. The maximum absolute atomic E-state index is 12.6. The summed E-state index contributed by atoms with van der Waals surface area (Å²) in [6.45, 7) is 4.65. The average molecular weight is 452 g/mol. The maximum atomic E-state index is 12.6. The fourth-order valence-electron chi connectivity index (χ4n) is 3.32. The lowest BCUT2D eigenvalue weighted by molar-refractivity contribution is -0.115. The molecule has 0 radical (unpaired) electrons. The lowest BCUT2D eigenvalue weighted by Crippen LogP contribution is -2.40. The van der Waals surface area contributed by atoms with Gasteiger partial charge in [-0.15, -0.1) is 11.3 Å². The Labute approximate surface area is 191 Å². The van der Waals surface area contributed by atoms with Gasteiger partial charge in [-0.05, 0) is 37.3 Å². The van der Waals surface area contributed by atoms with E-state index in [1.165, 1.54) is 16.9 Å². The number of carbonyl (C=O) groups excluding carboxylic acids is 2. The first-order valence-electron chi connectivity index (χ1n) is 10.5. The third kappa shape index (κ3) is 5.93. The molecule has 0 unspecified atom stereocenters. The second-order valence-corrected chi connectivity index (χ2v) is 8.49. The highest BCUT2D eigenvalue weighted by atomic mass is 32.1. The van der Waals surface area contributed by atoms with E-state index in [9.17, 15) is 9.59 Å². The summed E-state index contributed by atoms with van der Waals surface area (Å²) < 4.78 is 11.0. The van der Waals surface area contributed by atoms with Crippen molar-refractivity contribution in [1.82, 2.24) is 9.88 Å². The van der Waals surface area contributed by atoms with Gasteiger partial charge >= 0.3 is 0 Å². The Hall–Kier alpha value is -3.23. The van der Waals surface area contributed by atoms with Gasteiger partial charge in [-0.1, -0.05) is 23.8 Å². The summed E-state index contributed by atoms with van der Waals surface area (Å²) in [5.41, 5.74) is 3.01. The fourth-order valence-corrected chi connectivity index (χ4v) is 4.03. The van der Waals surface area contributed by atoms with Crippen molar-refractivity contribution < 1.29 is 19.1 Å². The lowest BCUT2D eigenvalue weighted by atomic mass is 10.1. The second kappa shape index (κ2) is 10.4. The van der Waals surface area contributed by atoms with Crippen molar-refractivity contribution in [3.63, 3.8) is 0 Å². The highest BCUT2D eigenvalue weighted by Gasteiger charge is 2.19. The zero-order chi connectivity index (χ0) is 22.3. The highest BCUT2D eigenvalue weighted by Crippen LogP contribution is 2.18. The molecule has 3 aromatic rings. The van der Waals surface area contributed by atoms with Gasteiger partial charge in [0, 0.05) is 29.7 Å². The minimum absolute atomic E-state index is 0.0536. The molecule has 32 heavy (non-hydrogen) atoms. The molecule has 1 saturated heterocycles. The molecule has 4 rings (SSSR count). The Bertz CT molecular complexity index is 1070. The Kier molecular flexibility index (Phi) is 7.14. The van der Waals surface area contributed by atoms with E-state index in [1.807, 2.05) is 36.6 Å². The van der Waals surface area contributed by atoms with Crippen LogP contribution in [0.15, 0.2) is 53.9 Å². The molecule has 1 N–H and O–H groups in total. The van der Waals surface area contributed by atoms with Gasteiger partial charge in [0.25, 0.3) is 5.91 Å². The number of ether oxygens (including phenoxy) is 2. The molecule has 1 fully saturated rings. The van der Waals surface area contributed by atoms with E-state index < -0.39 is 0 Å². The van der Waals surface area contributed by atoms with Gasteiger partial charge in [0.05, 0.1) is 25.3 Å². The quantitative estimate of drug-likeness (QED) is 0.593. The summed E-state index contributed by atoms with van der Waals surface area (Å²) >= 11 is 1.47. The summed E-state index contributed by atoms with van der Waals surface area (Å²) in [7, 11) is 0. The largest absolute Gasteiger partial charge is 0.486 e. The smallest absolute Gasteiger partial charge is 0.254 e. The number of anilines is 1. The number of hydrogen-bond donors (Lipinski definition) is 1. The standard InChI is InChI=1S/C24H25N3O4S/c1-17-5-7-21(8-6-17)31-15-23-26-20(16-32-23)14-22(28)25-19-4-2-3-18(13-19)24(29)27-9-11-30-12-10-27/h2-8,13,16H,9-12,14-15H2,1H3,(H,25,28). The van der Waals surface area contributed by atoms with E-state index in [4.69, 9.17) is 9.47 Å². The predicted molar refractivity (Wildman–Crippen MR) is 123 cm³/mol. The van der Waals surface area contributed by atoms with Gasteiger partial charge in [0.15, 0.2) is 0 Å². The van der Waals surface area contributed by atoms with E-state index in [0.717, 1.165) is 10.8 Å². The Balaban J connectivity index is 1.30. The van der Waals surface area contributed by atoms with Crippen molar-refractivity contribution in [2.45, 2.75) is 20.0 Å². The minimum Gasteiger partial charge on any atom is -0.486 e. The van der Waals surface area contributed by atoms with Crippen LogP contribution in [-0.4, -0.2) is 48.0 Å². The Morgan fingerprint density at radius 3 is 2.72 bits per heavy atom. The zero-order valence-corrected chi connectivity index (χ0v) is 18.7. The molecule has 1 aliphatic heterocycles. The van der Waals surface area contributed by atoms with Gasteiger partial charge in [0.2, 0.25) is 5.91 Å². The fraction of sp³-hybridized carbons (Fsp3) is 0.292. The van der Waals surface area contributed by atoms with E-state index in [2.05, 4.69) is 10.3 Å². The van der Waals surface area contributed by atoms with Crippen molar-refractivity contribution in [2.24, 2.45) is 0 Å². The monoisotopic (exact) mass is 451 g/mol. The molecule has 7 nitrogen and oxygen atoms in total. The van der Waals surface area contributed by atoms with Crippen molar-refractivity contribution in [3.05, 3.63) is 75.7 Å². The van der Waals surface area contributed by atoms with Crippen LogP contribution >= 0.6 is 11.3 Å². The van der Waals surface area contributed by atoms with Gasteiger partial charge in [-0.3, -0.25) is 9.59 Å². The summed E-state index contributed by atoms with van der Waals surface area (Å²) in [4.78, 5) is 31.4. The van der Waals surface area contributed by atoms with Crippen molar-refractivity contribution in [3.8, 4) is 5.75 Å². The topological polar surface area (TPSA) is 80.8 Å². The number of rotatable bonds is 7. The number of nitrogens with one attached hydrogen (secondary N) is 1. The molecule has 0 saturated carbocycles. The molecule has 166 valence electrons. The van der Waals surface area contributed by atoms with Gasteiger partial charge < -0.3 is 19.7 Å². The van der Waals surface area contributed by atoms with E-state index in [-0.39, 0.29) is 18.2 Å². The predicted octanol–water partition coefficient (Wildman–Crippen LogP) is 3.68. The zero-order valence-electron chi connectivity index (χ0n) is 17.9. The molecule has 0 aliphatic carbocycles. The molecular formula is C24H25N3O4S. The van der Waals surface area contributed by atoms with E-state index in [1.54, 1.807) is 29.2 Å². The van der Waals surface area contributed by atoms with Crippen LogP contribution in [0.2, 0.25) is 0 Å². The van der Waals surface area contributed by atoms with Gasteiger partial charge in [0.1, 0.15) is 17.4 Å². The number of carbonyl (C=O) groups is 2. The van der Waals surface area contributed by atoms with E-state index >= 15 is 0 Å². The van der Waals surface area contributed by atoms with Crippen LogP contribution in [-0.2, 0) is 22.6 Å². The number of morpholine rings is 1. The van der Waals surface area contributed by atoms with Crippen LogP contribution in [0.5, 0.6) is 5.75 Å². The number of amides is 2. The number of benzene rings is 2. The number of nitrogens with zero attached hydrogens (tertiary/aromatic N) is 2. The summed E-state index contributed by atoms with van der Waals surface area (Å²) in [6.07, 6.45) is 0.155. The normalized spacial score (nSPS) is 13.6. The number of aromatic nitrogens is 1. The van der Waals surface area contributed by atoms with Crippen LogP contribution in [0.4, 0.5) is 5.69 Å². The van der Waals surface area contributed by atoms with Crippen LogP contribution in [0.1, 0.15) is 26.6 Å². The minimum atomic E-state index is -0.183. The molecule has 0 bridgehead atoms. The Morgan fingerprint density at radius 1 is 1.16 bits per heavy atom. The molecule has 8 heteroatoms. The van der Waals surface area contributed by atoms with Crippen molar-refractivity contribution in [2.75, 3.05) is 31.6 Å². The Morgan fingerprint density at radius 2 is 1.94 bits per heavy atom. The first-order chi connectivity index (χ1) is 15.6. The number of aryl methyl sites for hydroxylation is 1. The lowest BCUT2D eigenvalue weighted by Gasteiger charge is -2.27. The van der Waals surface area contributed by atoms with Crippen molar-refractivity contribution in [1.29, 1.82) is 0 Å². The van der Waals surface area contributed by atoms with Gasteiger partial charge in [-0.25, -0.2) is 4.98 Å². The maximum Gasteiger partial charge on any atom is 0.254 e. The molecule has 2 aromatic carbocycles. The first kappa shape index (κ1) is 22.0. The molecule has 0 spiro atoms. The van der Waals surface area contributed by atoms with Crippen LogP contribution in [0, 0.1) is 6.92 Å². The molecular weight excluding hydrogens is 426 g/mol. The highest BCUT2D eigenvalue weighted by molar-refractivity contribution is 7.09. The molecule has 1 aromatic heterocycles. The second-order valence-electron chi connectivity index (χ2n) is 7.54. The SMILES string of the molecule is Cc1ccc(OCc2nc(CC(=O)Nc3cccc(C(=O)N4CCOCC4)c3)cs2)cc1. The summed E-state index contributed by atoms with van der Waals surface area (Å²) in [5, 5.41) is 5.54. The first-order valence-corrected chi connectivity index (χ1v) is 11.3. The van der Waals surface area contributed by atoms with Crippen LogP contribution in [0.25, 0.3) is 0 Å². The van der Waals surface area contributed by atoms with Crippen LogP contribution in [0.3, 0.4) is 0 Å². The number of hydrogen-bond acceptors (Lipinski definition) is 6. The van der Waals surface area contributed by atoms with Gasteiger partial charge in [-0.2, -0.15) is 0 Å². The summed E-state index contributed by atoms with van der Waals surface area (Å²) in [5.74, 6) is 0.552. The summed E-state index contributed by atoms with van der Waals surface area (Å²) in [6, 6.07) is 14.9. The van der Waals surface area contributed by atoms with Crippen LogP contribution < -0.4 is 10.1 Å². The molecule has 2 heterocycles. The molecule has 2 amide bonds.